The number of hydrogen-bond donors (Lipinski definition) is 1. The van der Waals surface area contributed by atoms with Crippen LogP contribution < -0.4 is 9.47 Å². The van der Waals surface area contributed by atoms with Gasteiger partial charge in [-0.05, 0) is 36.3 Å². The maximum atomic E-state index is 12.5. The molecule has 1 N–H and O–H groups in total. The molecular weight excluding hydrogens is 456 g/mol. The number of aliphatic carboxylic acids is 1. The molecule has 3 rings (SSSR count). The highest BCUT2D eigenvalue weighted by atomic mass is 32.2. The number of non-ortho nitro benzene ring substituents is 1. The summed E-state index contributed by atoms with van der Waals surface area (Å²) >= 11 is 6.13. The second-order valence-corrected chi connectivity index (χ2v) is 8.19. The Morgan fingerprint density at radius 2 is 2.03 bits per heavy atom. The second-order valence-electron chi connectivity index (χ2n) is 6.52. The number of nitro groups is 1. The van der Waals surface area contributed by atoms with Gasteiger partial charge in [0.05, 0.1) is 16.4 Å². The summed E-state index contributed by atoms with van der Waals surface area (Å²) in [6, 6.07) is 11.2. The van der Waals surface area contributed by atoms with Gasteiger partial charge in [-0.25, -0.2) is 0 Å². The van der Waals surface area contributed by atoms with Gasteiger partial charge in [0.15, 0.2) is 11.5 Å². The van der Waals surface area contributed by atoms with Crippen LogP contribution in [-0.4, -0.2) is 44.3 Å². The average molecular weight is 475 g/mol. The summed E-state index contributed by atoms with van der Waals surface area (Å²) in [5.41, 5.74) is 1.26. The zero-order chi connectivity index (χ0) is 23.3. The van der Waals surface area contributed by atoms with Crippen LogP contribution in [-0.2, 0) is 16.2 Å². The maximum Gasteiger partial charge on any atom is 0.323 e. The van der Waals surface area contributed by atoms with Gasteiger partial charge < -0.3 is 14.6 Å². The van der Waals surface area contributed by atoms with Gasteiger partial charge in [-0.2, -0.15) is 0 Å². The van der Waals surface area contributed by atoms with Gasteiger partial charge in [0.25, 0.3) is 11.6 Å². The van der Waals surface area contributed by atoms with E-state index < -0.39 is 23.3 Å². The monoisotopic (exact) mass is 474 g/mol. The number of ether oxygens (including phenoxy) is 2. The third-order valence-electron chi connectivity index (χ3n) is 4.25. The highest BCUT2D eigenvalue weighted by Gasteiger charge is 2.33. The summed E-state index contributed by atoms with van der Waals surface area (Å²) in [4.78, 5) is 35.2. The first-order valence-electron chi connectivity index (χ1n) is 9.38. The van der Waals surface area contributed by atoms with Crippen LogP contribution in [0, 0.1) is 10.1 Å². The summed E-state index contributed by atoms with van der Waals surface area (Å²) in [6.07, 6.45) is 1.61. The van der Waals surface area contributed by atoms with Gasteiger partial charge >= 0.3 is 5.97 Å². The molecule has 1 saturated heterocycles. The normalized spacial score (nSPS) is 14.7. The first kappa shape index (κ1) is 23.2. The number of nitro benzene ring substituents is 1. The molecule has 1 aliphatic rings. The lowest BCUT2D eigenvalue weighted by Crippen LogP contribution is -2.33. The third kappa shape index (κ3) is 5.62. The van der Waals surface area contributed by atoms with Gasteiger partial charge in [-0.1, -0.05) is 42.2 Å². The lowest BCUT2D eigenvalue weighted by Gasteiger charge is -2.13. The molecular formula is C21H18N2O7S2. The number of carboxylic acids is 1. The molecule has 1 amide bonds. The molecule has 9 nitrogen and oxygen atoms in total. The van der Waals surface area contributed by atoms with Crippen molar-refractivity contribution in [2.75, 3.05) is 13.2 Å². The molecule has 0 atom stereocenters. The Morgan fingerprint density at radius 3 is 2.72 bits per heavy atom. The van der Waals surface area contributed by atoms with Crippen molar-refractivity contribution in [1.82, 2.24) is 4.90 Å². The number of nitrogens with zero attached hydrogens (tertiary/aromatic N) is 2. The summed E-state index contributed by atoms with van der Waals surface area (Å²) in [5.74, 6) is -0.737. The predicted molar refractivity (Wildman–Crippen MR) is 123 cm³/mol. The number of amides is 1. The summed E-state index contributed by atoms with van der Waals surface area (Å²) in [6.45, 7) is 1.80. The standard InChI is InChI=1S/C21H18N2O7S2/c1-2-29-17-9-13(10-18-20(26)22(11-19(24)25)21(31)32-18)6-7-16(17)30-12-14-4-3-5-15(8-14)23(27)28/h3-10H,2,11-12H2,1H3,(H,24,25)/b18-10+. The minimum absolute atomic E-state index is 0.0216. The Hall–Kier alpha value is -3.44. The molecule has 11 heteroatoms. The molecule has 1 fully saturated rings. The van der Waals surface area contributed by atoms with E-state index in [9.17, 15) is 19.7 Å². The van der Waals surface area contributed by atoms with Gasteiger partial charge in [0, 0.05) is 12.1 Å². The van der Waals surface area contributed by atoms with Crippen molar-refractivity contribution in [3.63, 3.8) is 0 Å². The zero-order valence-electron chi connectivity index (χ0n) is 16.8. The predicted octanol–water partition coefficient (Wildman–Crippen LogP) is 3.86. The molecule has 2 aromatic rings. The third-order valence-corrected chi connectivity index (χ3v) is 5.63. The van der Waals surface area contributed by atoms with Gasteiger partial charge in [0.1, 0.15) is 17.5 Å². The van der Waals surface area contributed by atoms with E-state index in [1.807, 2.05) is 6.92 Å². The van der Waals surface area contributed by atoms with Crippen LogP contribution in [0.25, 0.3) is 6.08 Å². The number of carboxylic acid groups (broad SMARTS) is 1. The van der Waals surface area contributed by atoms with E-state index in [1.165, 1.54) is 12.1 Å². The van der Waals surface area contributed by atoms with Crippen LogP contribution in [0.1, 0.15) is 18.1 Å². The lowest BCUT2D eigenvalue weighted by molar-refractivity contribution is -0.384. The molecule has 1 aliphatic heterocycles. The smallest absolute Gasteiger partial charge is 0.323 e. The van der Waals surface area contributed by atoms with Crippen LogP contribution in [0.15, 0.2) is 47.4 Å². The van der Waals surface area contributed by atoms with Crippen LogP contribution in [0.2, 0.25) is 0 Å². The first-order chi connectivity index (χ1) is 15.3. The number of rotatable bonds is 9. The average Bonchev–Trinajstić information content (AvgIpc) is 3.00. The van der Waals surface area contributed by atoms with E-state index in [0.717, 1.165) is 16.7 Å². The minimum atomic E-state index is -1.15. The fourth-order valence-electron chi connectivity index (χ4n) is 2.85. The van der Waals surface area contributed by atoms with Crippen LogP contribution in [0.5, 0.6) is 11.5 Å². The van der Waals surface area contributed by atoms with E-state index in [1.54, 1.807) is 36.4 Å². The molecule has 2 aromatic carbocycles. The van der Waals surface area contributed by atoms with Crippen LogP contribution in [0.3, 0.4) is 0 Å². The quantitative estimate of drug-likeness (QED) is 0.250. The molecule has 0 radical (unpaired) electrons. The molecule has 0 bridgehead atoms. The Morgan fingerprint density at radius 1 is 1.25 bits per heavy atom. The Kier molecular flexibility index (Phi) is 7.44. The molecule has 0 spiro atoms. The fraction of sp³-hybridized carbons (Fsp3) is 0.190. The van der Waals surface area contributed by atoms with Crippen molar-refractivity contribution in [3.8, 4) is 11.5 Å². The van der Waals surface area contributed by atoms with Crippen molar-refractivity contribution in [2.24, 2.45) is 0 Å². The summed E-state index contributed by atoms with van der Waals surface area (Å²) in [7, 11) is 0. The Labute approximate surface area is 192 Å². The number of thioether (sulfide) groups is 1. The molecule has 1 heterocycles. The maximum absolute atomic E-state index is 12.5. The topological polar surface area (TPSA) is 119 Å². The molecule has 0 unspecified atom stereocenters. The largest absolute Gasteiger partial charge is 0.490 e. The van der Waals surface area contributed by atoms with Gasteiger partial charge in [-0.3, -0.25) is 24.6 Å². The van der Waals surface area contributed by atoms with E-state index >= 15 is 0 Å². The molecule has 0 aliphatic carbocycles. The number of carbonyl (C=O) groups excluding carboxylic acids is 1. The van der Waals surface area contributed by atoms with Crippen LogP contribution >= 0.6 is 24.0 Å². The second kappa shape index (κ2) is 10.2. The molecule has 166 valence electrons. The van der Waals surface area contributed by atoms with Crippen molar-refractivity contribution in [3.05, 3.63) is 68.6 Å². The summed E-state index contributed by atoms with van der Waals surface area (Å²) < 4.78 is 11.6. The fourth-order valence-corrected chi connectivity index (χ4v) is 4.10. The van der Waals surface area contributed by atoms with Crippen molar-refractivity contribution >= 4 is 51.9 Å². The lowest BCUT2D eigenvalue weighted by atomic mass is 10.1. The summed E-state index contributed by atoms with van der Waals surface area (Å²) in [5, 5.41) is 19.9. The van der Waals surface area contributed by atoms with Crippen molar-refractivity contribution in [1.29, 1.82) is 0 Å². The SMILES string of the molecule is CCOc1cc(/C=C2/SC(=S)N(CC(=O)O)C2=O)ccc1OCc1cccc([N+](=O)[O-])c1. The zero-order valence-corrected chi connectivity index (χ0v) is 18.5. The first-order valence-corrected chi connectivity index (χ1v) is 10.6. The van der Waals surface area contributed by atoms with Crippen LogP contribution in [0.4, 0.5) is 5.69 Å². The minimum Gasteiger partial charge on any atom is -0.490 e. The van der Waals surface area contributed by atoms with Gasteiger partial charge in [0.2, 0.25) is 0 Å². The Balaban J connectivity index is 1.79. The molecule has 0 saturated carbocycles. The van der Waals surface area contributed by atoms with Crippen molar-refractivity contribution < 1.29 is 29.1 Å². The number of hydrogen-bond acceptors (Lipinski definition) is 8. The van der Waals surface area contributed by atoms with E-state index in [2.05, 4.69) is 0 Å². The number of benzene rings is 2. The van der Waals surface area contributed by atoms with E-state index in [4.69, 9.17) is 26.8 Å². The molecule has 32 heavy (non-hydrogen) atoms. The van der Waals surface area contributed by atoms with Gasteiger partial charge in [-0.15, -0.1) is 0 Å². The molecule has 0 aromatic heterocycles. The Bertz CT molecular complexity index is 1120. The highest BCUT2D eigenvalue weighted by molar-refractivity contribution is 8.26. The van der Waals surface area contributed by atoms with Crippen molar-refractivity contribution in [2.45, 2.75) is 13.5 Å². The highest BCUT2D eigenvalue weighted by Crippen LogP contribution is 2.35. The van der Waals surface area contributed by atoms with E-state index in [0.29, 0.717) is 34.1 Å². The number of thiocarbonyl (C=S) groups is 1. The van der Waals surface area contributed by atoms with E-state index in [-0.39, 0.29) is 16.6 Å². The number of carbonyl (C=O) groups is 2.